The van der Waals surface area contributed by atoms with E-state index < -0.39 is 5.97 Å². The Bertz CT molecular complexity index is 618. The minimum Gasteiger partial charge on any atom is -0.493 e. The summed E-state index contributed by atoms with van der Waals surface area (Å²) in [6.45, 7) is 0. The number of ether oxygens (including phenoxy) is 2. The largest absolute Gasteiger partial charge is 0.493 e. The molecule has 1 aromatic rings. The average molecular weight is 333 g/mol. The maximum atomic E-state index is 12.3. The molecule has 6 nitrogen and oxygen atoms in total. The van der Waals surface area contributed by atoms with Crippen LogP contribution in [-0.2, 0) is 4.79 Å². The van der Waals surface area contributed by atoms with Crippen LogP contribution in [0.3, 0.4) is 0 Å². The fourth-order valence-electron chi connectivity index (χ4n) is 3.30. The molecule has 0 unspecified atom stereocenters. The van der Waals surface area contributed by atoms with Crippen LogP contribution in [0.4, 0.5) is 0 Å². The minimum atomic E-state index is -0.796. The molecule has 130 valence electrons. The highest BCUT2D eigenvalue weighted by Crippen LogP contribution is 2.33. The minimum absolute atomic E-state index is 0.0704. The molecule has 0 aromatic heterocycles. The van der Waals surface area contributed by atoms with Crippen molar-refractivity contribution in [2.24, 2.45) is 5.92 Å². The number of hydrogen-bond donors (Lipinski definition) is 2. The van der Waals surface area contributed by atoms with E-state index in [1.165, 1.54) is 12.8 Å². The van der Waals surface area contributed by atoms with Gasteiger partial charge in [0.15, 0.2) is 11.5 Å². The van der Waals surface area contributed by atoms with Crippen molar-refractivity contribution < 1.29 is 24.2 Å². The zero-order valence-electron chi connectivity index (χ0n) is 13.8. The number of benzene rings is 1. The standard InChI is InChI=1S/C18H23NO5/c1-23-16-10-11(6-7-15(16)24-14-4-2-3-5-14)17(20)19-13-8-12(9-13)18(21)22/h6-7,10,12-14H,2-5,8-9H2,1H3,(H,19,20)(H,21,22). The van der Waals surface area contributed by atoms with Crippen molar-refractivity contribution in [3.8, 4) is 11.5 Å². The van der Waals surface area contributed by atoms with Gasteiger partial charge < -0.3 is 19.9 Å². The van der Waals surface area contributed by atoms with Gasteiger partial charge in [0.05, 0.1) is 19.1 Å². The first-order valence-electron chi connectivity index (χ1n) is 8.45. The van der Waals surface area contributed by atoms with Crippen LogP contribution in [-0.4, -0.2) is 36.2 Å². The van der Waals surface area contributed by atoms with Gasteiger partial charge in [-0.3, -0.25) is 9.59 Å². The number of carboxylic acids is 1. The highest BCUT2D eigenvalue weighted by molar-refractivity contribution is 5.95. The lowest BCUT2D eigenvalue weighted by atomic mass is 9.80. The summed E-state index contributed by atoms with van der Waals surface area (Å²) in [5.41, 5.74) is 0.490. The van der Waals surface area contributed by atoms with Gasteiger partial charge in [0.25, 0.3) is 5.91 Å². The number of carboxylic acid groups (broad SMARTS) is 1. The quantitative estimate of drug-likeness (QED) is 0.836. The van der Waals surface area contributed by atoms with Gasteiger partial charge in [0.1, 0.15) is 0 Å². The van der Waals surface area contributed by atoms with E-state index >= 15 is 0 Å². The lowest BCUT2D eigenvalue weighted by Gasteiger charge is -2.32. The summed E-state index contributed by atoms with van der Waals surface area (Å²) in [5, 5.41) is 11.7. The molecule has 0 bridgehead atoms. The van der Waals surface area contributed by atoms with Gasteiger partial charge >= 0.3 is 5.97 Å². The summed E-state index contributed by atoms with van der Waals surface area (Å²) in [4.78, 5) is 23.1. The number of hydrogen-bond acceptors (Lipinski definition) is 4. The normalized spacial score (nSPS) is 23.4. The van der Waals surface area contributed by atoms with Gasteiger partial charge in [-0.05, 0) is 56.7 Å². The van der Waals surface area contributed by atoms with E-state index in [1.807, 2.05) is 0 Å². The Hall–Kier alpha value is -2.24. The number of aliphatic carboxylic acids is 1. The molecule has 24 heavy (non-hydrogen) atoms. The lowest BCUT2D eigenvalue weighted by Crippen LogP contribution is -2.46. The molecule has 0 heterocycles. The summed E-state index contributed by atoms with van der Waals surface area (Å²) in [7, 11) is 1.56. The second kappa shape index (κ2) is 7.11. The molecule has 2 fully saturated rings. The van der Waals surface area contributed by atoms with Gasteiger partial charge in [-0.1, -0.05) is 0 Å². The topological polar surface area (TPSA) is 84.9 Å². The van der Waals surface area contributed by atoms with Crippen molar-refractivity contribution >= 4 is 11.9 Å². The zero-order chi connectivity index (χ0) is 17.1. The molecular weight excluding hydrogens is 310 g/mol. The zero-order valence-corrected chi connectivity index (χ0v) is 13.8. The molecule has 0 spiro atoms. The average Bonchev–Trinajstić information content (AvgIpc) is 3.03. The monoisotopic (exact) mass is 333 g/mol. The molecule has 0 atom stereocenters. The van der Waals surface area contributed by atoms with Gasteiger partial charge in [-0.25, -0.2) is 0 Å². The first kappa shape index (κ1) is 16.6. The molecule has 0 radical (unpaired) electrons. The van der Waals surface area contributed by atoms with Crippen LogP contribution in [0.2, 0.25) is 0 Å². The van der Waals surface area contributed by atoms with E-state index in [4.69, 9.17) is 14.6 Å². The third-order valence-corrected chi connectivity index (χ3v) is 4.84. The van der Waals surface area contributed by atoms with Crippen molar-refractivity contribution in [1.29, 1.82) is 0 Å². The van der Waals surface area contributed by atoms with Crippen molar-refractivity contribution in [2.75, 3.05) is 7.11 Å². The first-order valence-corrected chi connectivity index (χ1v) is 8.45. The molecule has 2 saturated carbocycles. The van der Waals surface area contributed by atoms with Crippen molar-refractivity contribution in [3.05, 3.63) is 23.8 Å². The molecule has 0 saturated heterocycles. The molecule has 2 aliphatic rings. The number of nitrogens with one attached hydrogen (secondary N) is 1. The van der Waals surface area contributed by atoms with E-state index in [1.54, 1.807) is 25.3 Å². The van der Waals surface area contributed by atoms with E-state index in [-0.39, 0.29) is 24.0 Å². The predicted octanol–water partition coefficient (Wildman–Crippen LogP) is 2.61. The molecule has 6 heteroatoms. The molecular formula is C18H23NO5. The van der Waals surface area contributed by atoms with Crippen LogP contribution in [0, 0.1) is 5.92 Å². The molecule has 1 amide bonds. The maximum Gasteiger partial charge on any atom is 0.306 e. The highest BCUT2D eigenvalue weighted by atomic mass is 16.5. The van der Waals surface area contributed by atoms with E-state index in [0.29, 0.717) is 29.9 Å². The van der Waals surface area contributed by atoms with Crippen LogP contribution in [0.25, 0.3) is 0 Å². The van der Waals surface area contributed by atoms with Gasteiger partial charge in [0, 0.05) is 11.6 Å². The highest BCUT2D eigenvalue weighted by Gasteiger charge is 2.35. The fourth-order valence-corrected chi connectivity index (χ4v) is 3.30. The van der Waals surface area contributed by atoms with E-state index in [0.717, 1.165) is 12.8 Å². The van der Waals surface area contributed by atoms with Gasteiger partial charge in [-0.2, -0.15) is 0 Å². The van der Waals surface area contributed by atoms with Gasteiger partial charge in [-0.15, -0.1) is 0 Å². The van der Waals surface area contributed by atoms with Gasteiger partial charge in [0.2, 0.25) is 0 Å². The SMILES string of the molecule is COc1cc(C(=O)NC2CC(C(=O)O)C2)ccc1OC1CCCC1. The predicted molar refractivity (Wildman–Crippen MR) is 87.5 cm³/mol. The van der Waals surface area contributed by atoms with E-state index in [9.17, 15) is 9.59 Å². The Morgan fingerprint density at radius 1 is 1.17 bits per heavy atom. The number of carbonyl (C=O) groups excluding carboxylic acids is 1. The number of amides is 1. The first-order chi connectivity index (χ1) is 11.6. The summed E-state index contributed by atoms with van der Waals surface area (Å²) >= 11 is 0. The van der Waals surface area contributed by atoms with Crippen LogP contribution >= 0.6 is 0 Å². The number of rotatable bonds is 6. The fraction of sp³-hybridized carbons (Fsp3) is 0.556. The molecule has 3 rings (SSSR count). The summed E-state index contributed by atoms with van der Waals surface area (Å²) in [6.07, 6.45) is 5.68. The second-order valence-electron chi connectivity index (χ2n) is 6.57. The molecule has 1 aromatic carbocycles. The molecule has 0 aliphatic heterocycles. The van der Waals surface area contributed by atoms with E-state index in [2.05, 4.69) is 5.32 Å². The summed E-state index contributed by atoms with van der Waals surface area (Å²) in [6, 6.07) is 5.09. The van der Waals surface area contributed by atoms with Crippen LogP contribution in [0.1, 0.15) is 48.9 Å². The third-order valence-electron chi connectivity index (χ3n) is 4.84. The summed E-state index contributed by atoms with van der Waals surface area (Å²) in [5.74, 6) is -0.140. The summed E-state index contributed by atoms with van der Waals surface area (Å²) < 4.78 is 11.3. The molecule has 2 N–H and O–H groups in total. The van der Waals surface area contributed by atoms with Crippen molar-refractivity contribution in [2.45, 2.75) is 50.7 Å². The smallest absolute Gasteiger partial charge is 0.306 e. The van der Waals surface area contributed by atoms with Crippen molar-refractivity contribution in [1.82, 2.24) is 5.32 Å². The Morgan fingerprint density at radius 3 is 2.50 bits per heavy atom. The van der Waals surface area contributed by atoms with Crippen molar-refractivity contribution in [3.63, 3.8) is 0 Å². The Kier molecular flexibility index (Phi) is 4.92. The van der Waals surface area contributed by atoms with Crippen LogP contribution < -0.4 is 14.8 Å². The maximum absolute atomic E-state index is 12.3. The number of carbonyl (C=O) groups is 2. The second-order valence-corrected chi connectivity index (χ2v) is 6.57. The molecule has 2 aliphatic carbocycles. The lowest BCUT2D eigenvalue weighted by molar-refractivity contribution is -0.145. The van der Waals surface area contributed by atoms with Crippen LogP contribution in [0.5, 0.6) is 11.5 Å². The Balaban J connectivity index is 1.61. The Labute approximate surface area is 141 Å². The third kappa shape index (κ3) is 3.63. The van der Waals surface area contributed by atoms with Crippen LogP contribution in [0.15, 0.2) is 18.2 Å². The number of methoxy groups -OCH3 is 1. The Morgan fingerprint density at radius 2 is 1.88 bits per heavy atom.